The number of amides is 1. The molecule has 0 radical (unpaired) electrons. The summed E-state index contributed by atoms with van der Waals surface area (Å²) in [5.41, 5.74) is 10.8. The van der Waals surface area contributed by atoms with Crippen molar-refractivity contribution in [3.63, 3.8) is 0 Å². The molecule has 0 bridgehead atoms. The van der Waals surface area contributed by atoms with Gasteiger partial charge in [0.25, 0.3) is 0 Å². The van der Waals surface area contributed by atoms with Gasteiger partial charge in [0.05, 0.1) is 11.3 Å². The van der Waals surface area contributed by atoms with Crippen LogP contribution in [-0.2, 0) is 29.0 Å². The van der Waals surface area contributed by atoms with Gasteiger partial charge in [-0.05, 0) is 73.5 Å². The molecule has 1 saturated carbocycles. The monoisotopic (exact) mass is 464 g/mol. The van der Waals surface area contributed by atoms with E-state index in [0.29, 0.717) is 29.8 Å². The lowest BCUT2D eigenvalue weighted by molar-refractivity contribution is -0.138. The Balaban J connectivity index is 0.00000187. The molecule has 0 heterocycles. The minimum absolute atomic E-state index is 0.00511. The fraction of sp³-hybridized carbons (Fsp3) is 0.417. The summed E-state index contributed by atoms with van der Waals surface area (Å²) in [6, 6.07) is 10.2. The Hall–Kier alpha value is -2.91. The fourth-order valence-electron chi connectivity index (χ4n) is 3.41. The summed E-state index contributed by atoms with van der Waals surface area (Å²) in [5.74, 6) is 0.00511. The van der Waals surface area contributed by atoms with Crippen molar-refractivity contribution in [3.8, 4) is 0 Å². The van der Waals surface area contributed by atoms with Crippen LogP contribution in [-0.4, -0.2) is 31.2 Å². The molecule has 180 valence electrons. The summed E-state index contributed by atoms with van der Waals surface area (Å²) in [6.45, 7) is 4.16. The quantitative estimate of drug-likeness (QED) is 0.325. The maximum Gasteiger partial charge on any atom is 0.416 e. The van der Waals surface area contributed by atoms with Crippen LogP contribution in [0.5, 0.6) is 0 Å². The number of nitrogens with two attached hydrogens (primary N) is 1. The molecule has 0 saturated heterocycles. The molecule has 6 nitrogen and oxygen atoms in total. The Kier molecular flexibility index (Phi) is 9.43. The number of oxime groups is 1. The van der Waals surface area contributed by atoms with Gasteiger partial charge in [-0.25, -0.2) is 5.43 Å². The Morgan fingerprint density at radius 1 is 1.27 bits per heavy atom. The van der Waals surface area contributed by atoms with Crippen molar-refractivity contribution in [2.24, 2.45) is 10.9 Å². The average Bonchev–Trinajstić information content (AvgIpc) is 3.64. The van der Waals surface area contributed by atoms with Gasteiger partial charge in [0, 0.05) is 13.6 Å². The standard InChI is InChI=1S/C23H26F3N3O2.CH5N/c1-15-5-4-6-19(12-27-29(3)14-30)21(15)13-31-28-16(2)18-9-10-20(17-7-8-17)22(11-18)23(24,25)26;1-2/h4-6,9-11,14,17,27H,7-8,12-13H2,1-3H3;2H2,1H3. The number of hydrogen-bond acceptors (Lipinski definition) is 5. The first-order valence-corrected chi connectivity index (χ1v) is 10.7. The molecule has 0 spiro atoms. The van der Waals surface area contributed by atoms with E-state index in [1.807, 2.05) is 25.1 Å². The smallest absolute Gasteiger partial charge is 0.391 e. The van der Waals surface area contributed by atoms with Gasteiger partial charge in [0.15, 0.2) is 0 Å². The van der Waals surface area contributed by atoms with Crippen LogP contribution in [0.2, 0.25) is 0 Å². The molecule has 3 rings (SSSR count). The molecule has 2 aromatic carbocycles. The van der Waals surface area contributed by atoms with Gasteiger partial charge in [0.2, 0.25) is 6.41 Å². The van der Waals surface area contributed by atoms with Gasteiger partial charge >= 0.3 is 6.18 Å². The summed E-state index contributed by atoms with van der Waals surface area (Å²) in [5, 5.41) is 5.38. The molecular weight excluding hydrogens is 433 g/mol. The van der Waals surface area contributed by atoms with Gasteiger partial charge in [-0.3, -0.25) is 9.80 Å². The first kappa shape index (κ1) is 26.3. The van der Waals surface area contributed by atoms with Crippen LogP contribution in [0.4, 0.5) is 13.2 Å². The summed E-state index contributed by atoms with van der Waals surface area (Å²) < 4.78 is 40.5. The van der Waals surface area contributed by atoms with Gasteiger partial charge < -0.3 is 10.6 Å². The Labute approximate surface area is 192 Å². The first-order valence-electron chi connectivity index (χ1n) is 10.7. The second-order valence-electron chi connectivity index (χ2n) is 7.79. The molecule has 2 aromatic rings. The number of hydrogen-bond donors (Lipinski definition) is 2. The van der Waals surface area contributed by atoms with Crippen LogP contribution in [0.25, 0.3) is 0 Å². The van der Waals surface area contributed by atoms with Crippen molar-refractivity contribution in [2.45, 2.75) is 51.9 Å². The number of halogens is 3. The SMILES string of the molecule is CC(=NOCc1c(C)cccc1CNN(C)C=O)c1ccc(C2CC2)c(C(F)(F)F)c1.CN. The van der Waals surface area contributed by atoms with E-state index < -0.39 is 11.7 Å². The molecule has 9 heteroatoms. The summed E-state index contributed by atoms with van der Waals surface area (Å²) in [4.78, 5) is 16.3. The van der Waals surface area contributed by atoms with Gasteiger partial charge in [-0.15, -0.1) is 0 Å². The van der Waals surface area contributed by atoms with Gasteiger partial charge in [-0.1, -0.05) is 35.5 Å². The van der Waals surface area contributed by atoms with E-state index in [2.05, 4.69) is 16.3 Å². The van der Waals surface area contributed by atoms with Gasteiger partial charge in [-0.2, -0.15) is 13.2 Å². The predicted molar refractivity (Wildman–Crippen MR) is 122 cm³/mol. The fourth-order valence-corrected chi connectivity index (χ4v) is 3.41. The van der Waals surface area contributed by atoms with Crippen molar-refractivity contribution >= 4 is 12.1 Å². The van der Waals surface area contributed by atoms with E-state index in [-0.39, 0.29) is 12.5 Å². The number of benzene rings is 2. The molecule has 1 fully saturated rings. The number of carbonyl (C=O) groups excluding carboxylic acids is 1. The third-order valence-corrected chi connectivity index (χ3v) is 5.39. The Bertz CT molecular complexity index is 973. The van der Waals surface area contributed by atoms with Crippen LogP contribution in [0.3, 0.4) is 0 Å². The molecule has 0 atom stereocenters. The molecular formula is C24H31F3N4O2. The highest BCUT2D eigenvalue weighted by Gasteiger charge is 2.38. The number of carbonyl (C=O) groups is 1. The van der Waals surface area contributed by atoms with Gasteiger partial charge in [0.1, 0.15) is 6.61 Å². The largest absolute Gasteiger partial charge is 0.416 e. The number of alkyl halides is 3. The number of nitrogens with one attached hydrogen (secondary N) is 1. The normalized spacial score (nSPS) is 13.8. The second kappa shape index (κ2) is 11.8. The predicted octanol–water partition coefficient (Wildman–Crippen LogP) is 4.50. The van der Waals surface area contributed by atoms with E-state index in [1.165, 1.54) is 12.1 Å². The highest BCUT2D eigenvalue weighted by Crippen LogP contribution is 2.46. The lowest BCUT2D eigenvalue weighted by Crippen LogP contribution is -2.32. The maximum atomic E-state index is 13.5. The zero-order valence-corrected chi connectivity index (χ0v) is 19.4. The van der Waals surface area contributed by atoms with Crippen LogP contribution in [0.1, 0.15) is 59.1 Å². The van der Waals surface area contributed by atoms with Crippen LogP contribution in [0, 0.1) is 6.92 Å². The van der Waals surface area contributed by atoms with Crippen molar-refractivity contribution in [2.75, 3.05) is 14.1 Å². The minimum atomic E-state index is -4.40. The number of nitrogens with zero attached hydrogens (tertiary/aromatic N) is 2. The second-order valence-corrected chi connectivity index (χ2v) is 7.79. The summed E-state index contributed by atoms with van der Waals surface area (Å²) in [6.07, 6.45) is -2.13. The molecule has 0 aliphatic heterocycles. The number of hydrazine groups is 1. The van der Waals surface area contributed by atoms with Crippen molar-refractivity contribution in [3.05, 3.63) is 69.8 Å². The topological polar surface area (TPSA) is 80.0 Å². The van der Waals surface area contributed by atoms with E-state index >= 15 is 0 Å². The molecule has 1 amide bonds. The number of aryl methyl sites for hydroxylation is 1. The lowest BCUT2D eigenvalue weighted by atomic mass is 9.98. The molecule has 1 aliphatic rings. The Morgan fingerprint density at radius 2 is 1.97 bits per heavy atom. The van der Waals surface area contributed by atoms with E-state index in [0.717, 1.165) is 35.6 Å². The first-order chi connectivity index (χ1) is 15.7. The average molecular weight is 465 g/mol. The zero-order valence-electron chi connectivity index (χ0n) is 19.4. The van der Waals surface area contributed by atoms with Crippen LogP contribution < -0.4 is 11.2 Å². The molecule has 3 N–H and O–H groups in total. The maximum absolute atomic E-state index is 13.5. The van der Waals surface area contributed by atoms with Crippen molar-refractivity contribution in [1.82, 2.24) is 10.4 Å². The third-order valence-electron chi connectivity index (χ3n) is 5.39. The highest BCUT2D eigenvalue weighted by molar-refractivity contribution is 5.98. The van der Waals surface area contributed by atoms with E-state index in [1.54, 1.807) is 26.1 Å². The number of rotatable bonds is 9. The summed E-state index contributed by atoms with van der Waals surface area (Å²) in [7, 11) is 3.11. The van der Waals surface area contributed by atoms with E-state index in [9.17, 15) is 18.0 Å². The minimum Gasteiger partial charge on any atom is -0.391 e. The third kappa shape index (κ3) is 7.30. The Morgan fingerprint density at radius 3 is 2.58 bits per heavy atom. The van der Waals surface area contributed by atoms with Crippen molar-refractivity contribution in [1.29, 1.82) is 0 Å². The van der Waals surface area contributed by atoms with E-state index in [4.69, 9.17) is 4.84 Å². The van der Waals surface area contributed by atoms with Crippen LogP contribution >= 0.6 is 0 Å². The van der Waals surface area contributed by atoms with Crippen molar-refractivity contribution < 1.29 is 22.8 Å². The molecule has 33 heavy (non-hydrogen) atoms. The van der Waals surface area contributed by atoms with Crippen LogP contribution in [0.15, 0.2) is 41.6 Å². The lowest BCUT2D eigenvalue weighted by Gasteiger charge is -2.16. The molecule has 0 aromatic heterocycles. The molecule has 0 unspecified atom stereocenters. The highest BCUT2D eigenvalue weighted by atomic mass is 19.4. The molecule has 1 aliphatic carbocycles. The summed E-state index contributed by atoms with van der Waals surface area (Å²) >= 11 is 0. The zero-order chi connectivity index (χ0) is 24.6.